The highest BCUT2D eigenvalue weighted by atomic mass is 35.5. The Morgan fingerprint density at radius 1 is 1.43 bits per heavy atom. The molecule has 0 radical (unpaired) electrons. The zero-order valence-electron chi connectivity index (χ0n) is 12.8. The number of amides is 1. The Morgan fingerprint density at radius 2 is 2.14 bits per heavy atom. The number of hydrogen-bond acceptors (Lipinski definition) is 3. The Kier molecular flexibility index (Phi) is 7.26. The van der Waals surface area contributed by atoms with E-state index in [4.69, 9.17) is 16.3 Å². The maximum absolute atomic E-state index is 11.9. The predicted molar refractivity (Wildman–Crippen MR) is 86.7 cm³/mol. The van der Waals surface area contributed by atoms with Crippen LogP contribution in [0.25, 0.3) is 0 Å². The second-order valence-corrected chi connectivity index (χ2v) is 5.46. The van der Waals surface area contributed by atoms with Crippen molar-refractivity contribution in [3.8, 4) is 5.75 Å². The lowest BCUT2D eigenvalue weighted by Gasteiger charge is -2.19. The second kappa shape index (κ2) is 8.70. The molecule has 1 atom stereocenters. The minimum Gasteiger partial charge on any atom is -0.479 e. The topological polar surface area (TPSA) is 50.4 Å². The van der Waals surface area contributed by atoms with Crippen molar-refractivity contribution >= 4 is 17.5 Å². The first-order chi connectivity index (χ1) is 9.95. The SMILES string of the molecule is C=CCNC(=O)C(C)Oc1c(Cl)cccc1CNC(C)C. The first kappa shape index (κ1) is 17.5. The van der Waals surface area contributed by atoms with Crippen LogP contribution in [-0.4, -0.2) is 24.6 Å². The summed E-state index contributed by atoms with van der Waals surface area (Å²) < 4.78 is 5.75. The van der Waals surface area contributed by atoms with Crippen molar-refractivity contribution in [1.82, 2.24) is 10.6 Å². The molecule has 1 aromatic rings. The normalized spacial score (nSPS) is 12.0. The van der Waals surface area contributed by atoms with Crippen molar-refractivity contribution in [2.45, 2.75) is 39.5 Å². The molecule has 1 amide bonds. The third-order valence-corrected chi connectivity index (χ3v) is 3.13. The van der Waals surface area contributed by atoms with Gasteiger partial charge in [0, 0.05) is 24.7 Å². The molecule has 21 heavy (non-hydrogen) atoms. The van der Waals surface area contributed by atoms with Gasteiger partial charge in [0.1, 0.15) is 5.75 Å². The first-order valence-electron chi connectivity index (χ1n) is 7.01. The summed E-state index contributed by atoms with van der Waals surface area (Å²) >= 11 is 6.20. The fourth-order valence-electron chi connectivity index (χ4n) is 1.69. The Hall–Kier alpha value is -1.52. The molecular formula is C16H23ClN2O2. The average Bonchev–Trinajstić information content (AvgIpc) is 2.45. The molecule has 0 heterocycles. The summed E-state index contributed by atoms with van der Waals surface area (Å²) in [6, 6.07) is 5.91. The van der Waals surface area contributed by atoms with Crippen LogP contribution in [0.15, 0.2) is 30.9 Å². The Labute approximate surface area is 131 Å². The summed E-state index contributed by atoms with van der Waals surface area (Å²) in [5.74, 6) is 0.353. The van der Waals surface area contributed by atoms with Crippen LogP contribution < -0.4 is 15.4 Å². The van der Waals surface area contributed by atoms with Crippen LogP contribution >= 0.6 is 11.6 Å². The molecule has 4 nitrogen and oxygen atoms in total. The van der Waals surface area contributed by atoms with E-state index < -0.39 is 6.10 Å². The van der Waals surface area contributed by atoms with Crippen molar-refractivity contribution < 1.29 is 9.53 Å². The molecule has 1 rings (SSSR count). The van der Waals surface area contributed by atoms with Crippen molar-refractivity contribution in [3.05, 3.63) is 41.4 Å². The van der Waals surface area contributed by atoms with Crippen LogP contribution in [0.3, 0.4) is 0 Å². The zero-order valence-corrected chi connectivity index (χ0v) is 13.5. The van der Waals surface area contributed by atoms with Crippen LogP contribution in [-0.2, 0) is 11.3 Å². The van der Waals surface area contributed by atoms with E-state index >= 15 is 0 Å². The van der Waals surface area contributed by atoms with Crippen molar-refractivity contribution in [1.29, 1.82) is 0 Å². The Morgan fingerprint density at radius 3 is 2.76 bits per heavy atom. The molecule has 1 aromatic carbocycles. The van der Waals surface area contributed by atoms with Crippen LogP contribution in [0.5, 0.6) is 5.75 Å². The maximum atomic E-state index is 11.9. The van der Waals surface area contributed by atoms with E-state index in [0.717, 1.165) is 5.56 Å². The second-order valence-electron chi connectivity index (χ2n) is 5.06. The van der Waals surface area contributed by atoms with Gasteiger partial charge in [0.15, 0.2) is 6.10 Å². The van der Waals surface area contributed by atoms with Gasteiger partial charge < -0.3 is 15.4 Å². The minimum absolute atomic E-state index is 0.197. The molecule has 0 saturated carbocycles. The molecule has 0 aliphatic heterocycles. The van der Waals surface area contributed by atoms with Gasteiger partial charge in [0.2, 0.25) is 0 Å². The fourth-order valence-corrected chi connectivity index (χ4v) is 1.92. The van der Waals surface area contributed by atoms with Crippen LogP contribution in [0.4, 0.5) is 0 Å². The van der Waals surface area contributed by atoms with E-state index in [1.165, 1.54) is 0 Å². The summed E-state index contributed by atoms with van der Waals surface area (Å²) in [7, 11) is 0. The van der Waals surface area contributed by atoms with Gasteiger partial charge in [-0.05, 0) is 13.0 Å². The number of carbonyl (C=O) groups excluding carboxylic acids is 1. The van der Waals surface area contributed by atoms with Crippen LogP contribution in [0.2, 0.25) is 5.02 Å². The van der Waals surface area contributed by atoms with Gasteiger partial charge in [-0.2, -0.15) is 0 Å². The monoisotopic (exact) mass is 310 g/mol. The van der Waals surface area contributed by atoms with Crippen molar-refractivity contribution in [2.75, 3.05) is 6.54 Å². The quantitative estimate of drug-likeness (QED) is 0.726. The number of ether oxygens (including phenoxy) is 1. The number of rotatable bonds is 8. The predicted octanol–water partition coefficient (Wildman–Crippen LogP) is 2.91. The molecule has 0 bridgehead atoms. The van der Waals surface area contributed by atoms with E-state index in [2.05, 4.69) is 31.1 Å². The van der Waals surface area contributed by atoms with Gasteiger partial charge >= 0.3 is 0 Å². The highest BCUT2D eigenvalue weighted by molar-refractivity contribution is 6.32. The summed E-state index contributed by atoms with van der Waals surface area (Å²) in [6.45, 7) is 10.4. The van der Waals surface area contributed by atoms with Crippen molar-refractivity contribution in [2.24, 2.45) is 0 Å². The molecule has 5 heteroatoms. The lowest BCUT2D eigenvalue weighted by molar-refractivity contribution is -0.127. The van der Waals surface area contributed by atoms with E-state index in [1.54, 1.807) is 19.1 Å². The van der Waals surface area contributed by atoms with E-state index in [-0.39, 0.29) is 5.91 Å². The average molecular weight is 311 g/mol. The smallest absolute Gasteiger partial charge is 0.261 e. The summed E-state index contributed by atoms with van der Waals surface area (Å²) in [6.07, 6.45) is 1.00. The largest absolute Gasteiger partial charge is 0.479 e. The summed E-state index contributed by atoms with van der Waals surface area (Å²) in [4.78, 5) is 11.9. The van der Waals surface area contributed by atoms with Gasteiger partial charge in [-0.15, -0.1) is 6.58 Å². The van der Waals surface area contributed by atoms with Gasteiger partial charge in [-0.1, -0.05) is 43.7 Å². The third kappa shape index (κ3) is 5.78. The Bertz CT molecular complexity index is 489. The molecule has 2 N–H and O–H groups in total. The van der Waals surface area contributed by atoms with Gasteiger partial charge in [0.05, 0.1) is 5.02 Å². The number of para-hydroxylation sites is 1. The van der Waals surface area contributed by atoms with Crippen molar-refractivity contribution in [3.63, 3.8) is 0 Å². The number of nitrogens with one attached hydrogen (secondary N) is 2. The van der Waals surface area contributed by atoms with E-state index in [9.17, 15) is 4.79 Å². The summed E-state index contributed by atoms with van der Waals surface area (Å²) in [5.41, 5.74) is 0.930. The lowest BCUT2D eigenvalue weighted by atomic mass is 10.2. The van der Waals surface area contributed by atoms with Gasteiger partial charge in [-0.3, -0.25) is 4.79 Å². The van der Waals surface area contributed by atoms with Gasteiger partial charge in [-0.25, -0.2) is 0 Å². The summed E-state index contributed by atoms with van der Waals surface area (Å²) in [5, 5.41) is 6.52. The number of carbonyl (C=O) groups is 1. The standard InChI is InChI=1S/C16H23ClN2O2/c1-5-9-18-16(20)12(4)21-15-13(10-19-11(2)3)7-6-8-14(15)17/h5-8,11-12,19H,1,9-10H2,2-4H3,(H,18,20). The zero-order chi connectivity index (χ0) is 15.8. The highest BCUT2D eigenvalue weighted by Gasteiger charge is 2.17. The molecule has 116 valence electrons. The maximum Gasteiger partial charge on any atom is 0.261 e. The molecule has 0 aliphatic rings. The molecule has 1 unspecified atom stereocenters. The lowest BCUT2D eigenvalue weighted by Crippen LogP contribution is -2.36. The molecule has 0 fully saturated rings. The van der Waals surface area contributed by atoms with E-state index in [1.807, 2.05) is 12.1 Å². The minimum atomic E-state index is -0.623. The number of hydrogen-bond donors (Lipinski definition) is 2. The first-order valence-corrected chi connectivity index (χ1v) is 7.39. The van der Waals surface area contributed by atoms with Gasteiger partial charge in [0.25, 0.3) is 5.91 Å². The molecular weight excluding hydrogens is 288 g/mol. The molecule has 0 aromatic heterocycles. The fraction of sp³-hybridized carbons (Fsp3) is 0.438. The van der Waals surface area contributed by atoms with Crippen LogP contribution in [0, 0.1) is 0 Å². The number of benzene rings is 1. The highest BCUT2D eigenvalue weighted by Crippen LogP contribution is 2.29. The van der Waals surface area contributed by atoms with Crippen LogP contribution in [0.1, 0.15) is 26.3 Å². The van der Waals surface area contributed by atoms with E-state index in [0.29, 0.717) is 29.9 Å². The number of halogens is 1. The Balaban J connectivity index is 2.80. The molecule has 0 saturated heterocycles. The molecule has 0 spiro atoms. The third-order valence-electron chi connectivity index (χ3n) is 2.83. The molecule has 0 aliphatic carbocycles.